The molecule has 1 aliphatic heterocycles. The van der Waals surface area contributed by atoms with Crippen LogP contribution in [0.4, 0.5) is 0 Å². The lowest BCUT2D eigenvalue weighted by molar-refractivity contribution is 0.0689. The number of hydrogen-bond acceptors (Lipinski definition) is 3. The summed E-state index contributed by atoms with van der Waals surface area (Å²) in [6, 6.07) is 5.43. The summed E-state index contributed by atoms with van der Waals surface area (Å²) >= 11 is 5.75. The summed E-state index contributed by atoms with van der Waals surface area (Å²) in [5, 5.41) is 4.72. The molecule has 6 heteroatoms. The van der Waals surface area contributed by atoms with Crippen LogP contribution in [0.1, 0.15) is 34.8 Å². The molecule has 1 amide bonds. The van der Waals surface area contributed by atoms with E-state index in [0.717, 1.165) is 37.3 Å². The minimum atomic E-state index is -0.0917. The zero-order valence-electron chi connectivity index (χ0n) is 12.2. The number of carbonyl (C=O) groups is 1. The quantitative estimate of drug-likeness (QED) is 0.875. The van der Waals surface area contributed by atoms with Crippen LogP contribution >= 0.6 is 11.6 Å². The van der Waals surface area contributed by atoms with Crippen LogP contribution in [0.25, 0.3) is 0 Å². The molecule has 1 aliphatic rings. The Morgan fingerprint density at radius 3 is 2.90 bits per heavy atom. The smallest absolute Gasteiger partial charge is 0.289 e. The fourth-order valence-electron chi connectivity index (χ4n) is 2.92. The highest BCUT2D eigenvalue weighted by atomic mass is 35.5. The molecule has 5 nitrogen and oxygen atoms in total. The zero-order chi connectivity index (χ0) is 15.0. The second-order valence-corrected chi connectivity index (χ2v) is 5.88. The van der Waals surface area contributed by atoms with Gasteiger partial charge in [0.2, 0.25) is 0 Å². The first kappa shape index (κ1) is 14.2. The van der Waals surface area contributed by atoms with E-state index in [4.69, 9.17) is 16.0 Å². The van der Waals surface area contributed by atoms with Crippen molar-refractivity contribution >= 4 is 17.5 Å². The fraction of sp³-hybridized carbons (Fsp3) is 0.467. The van der Waals surface area contributed by atoms with E-state index in [-0.39, 0.29) is 17.2 Å². The van der Waals surface area contributed by atoms with Gasteiger partial charge in [-0.1, -0.05) is 0 Å². The third-order valence-corrected chi connectivity index (χ3v) is 4.11. The largest absolute Gasteiger partial charge is 0.440 e. The molecule has 0 aromatic carbocycles. The summed E-state index contributed by atoms with van der Waals surface area (Å²) in [6.45, 7) is 5.49. The monoisotopic (exact) mass is 307 g/mol. The molecule has 0 aliphatic carbocycles. The van der Waals surface area contributed by atoms with Crippen LogP contribution in [0.3, 0.4) is 0 Å². The lowest BCUT2D eigenvalue weighted by atomic mass is 10.2. The summed E-state index contributed by atoms with van der Waals surface area (Å²) < 4.78 is 7.21. The van der Waals surface area contributed by atoms with Crippen LogP contribution in [0.5, 0.6) is 0 Å². The molecule has 0 unspecified atom stereocenters. The molecule has 1 fully saturated rings. The van der Waals surface area contributed by atoms with E-state index in [1.54, 1.807) is 12.1 Å². The van der Waals surface area contributed by atoms with Gasteiger partial charge >= 0.3 is 0 Å². The number of carbonyl (C=O) groups excluding carboxylic acids is 1. The normalized spacial score (nSPS) is 18.4. The van der Waals surface area contributed by atoms with E-state index in [2.05, 4.69) is 5.10 Å². The number of nitrogens with zero attached hydrogens (tertiary/aromatic N) is 3. The van der Waals surface area contributed by atoms with E-state index in [9.17, 15) is 4.79 Å². The average Bonchev–Trinajstić information content (AvgIpc) is 3.12. The summed E-state index contributed by atoms with van der Waals surface area (Å²) in [4.78, 5) is 14.4. The van der Waals surface area contributed by atoms with Crippen LogP contribution < -0.4 is 0 Å². The molecule has 112 valence electrons. The van der Waals surface area contributed by atoms with E-state index in [0.29, 0.717) is 5.76 Å². The molecule has 0 N–H and O–H groups in total. The highest BCUT2D eigenvalue weighted by Gasteiger charge is 2.31. The van der Waals surface area contributed by atoms with Crippen molar-refractivity contribution in [3.05, 3.63) is 40.6 Å². The molecule has 0 spiro atoms. The average molecular weight is 308 g/mol. The van der Waals surface area contributed by atoms with Crippen molar-refractivity contribution in [3.8, 4) is 0 Å². The lowest BCUT2D eigenvalue weighted by Gasteiger charge is -2.24. The predicted octanol–water partition coefficient (Wildman–Crippen LogP) is 3.05. The van der Waals surface area contributed by atoms with Crippen LogP contribution in [0, 0.1) is 13.8 Å². The highest BCUT2D eigenvalue weighted by molar-refractivity contribution is 6.29. The molecule has 2 aromatic heterocycles. The molecule has 0 bridgehead atoms. The first-order chi connectivity index (χ1) is 10.0. The standard InChI is InChI=1S/C15H18ClN3O2/c1-10-8-11(2)19(17-10)9-12-4-3-7-18(12)15(20)13-5-6-14(16)21-13/h5-6,8,12H,3-4,7,9H2,1-2H3/t12-/m1/s1. The maximum atomic E-state index is 12.5. The molecule has 3 rings (SSSR count). The topological polar surface area (TPSA) is 51.3 Å². The Labute approximate surface area is 128 Å². The Balaban J connectivity index is 1.76. The van der Waals surface area contributed by atoms with Gasteiger partial charge in [0, 0.05) is 12.2 Å². The number of likely N-dealkylation sites (tertiary alicyclic amines) is 1. The number of aryl methyl sites for hydroxylation is 2. The first-order valence-electron chi connectivity index (χ1n) is 7.12. The number of rotatable bonds is 3. The summed E-state index contributed by atoms with van der Waals surface area (Å²) in [7, 11) is 0. The molecule has 2 aromatic rings. The molecule has 3 heterocycles. The van der Waals surface area contributed by atoms with Crippen LogP contribution in [0.2, 0.25) is 5.22 Å². The van der Waals surface area contributed by atoms with Crippen molar-refractivity contribution in [3.63, 3.8) is 0 Å². The van der Waals surface area contributed by atoms with E-state index >= 15 is 0 Å². The van der Waals surface area contributed by atoms with Gasteiger partial charge < -0.3 is 9.32 Å². The summed E-state index contributed by atoms with van der Waals surface area (Å²) in [5.74, 6) is 0.214. The van der Waals surface area contributed by atoms with Gasteiger partial charge in [0.25, 0.3) is 5.91 Å². The SMILES string of the molecule is Cc1cc(C)n(C[C@H]2CCCN2C(=O)c2ccc(Cl)o2)n1. The van der Waals surface area contributed by atoms with Crippen molar-refractivity contribution < 1.29 is 9.21 Å². The van der Waals surface area contributed by atoms with Crippen molar-refractivity contribution in [1.29, 1.82) is 0 Å². The second kappa shape index (κ2) is 5.56. The predicted molar refractivity (Wildman–Crippen MR) is 79.5 cm³/mol. The van der Waals surface area contributed by atoms with Crippen LogP contribution in [0.15, 0.2) is 22.6 Å². The highest BCUT2D eigenvalue weighted by Crippen LogP contribution is 2.23. The Bertz CT molecular complexity index is 662. The van der Waals surface area contributed by atoms with Gasteiger partial charge in [0.1, 0.15) is 0 Å². The van der Waals surface area contributed by atoms with Crippen molar-refractivity contribution in [2.75, 3.05) is 6.54 Å². The second-order valence-electron chi connectivity index (χ2n) is 5.51. The van der Waals surface area contributed by atoms with E-state index < -0.39 is 0 Å². The first-order valence-corrected chi connectivity index (χ1v) is 7.50. The van der Waals surface area contributed by atoms with Gasteiger partial charge in [0.15, 0.2) is 11.0 Å². The van der Waals surface area contributed by atoms with Gasteiger partial charge in [-0.3, -0.25) is 9.48 Å². The number of hydrogen-bond donors (Lipinski definition) is 0. The maximum absolute atomic E-state index is 12.5. The van der Waals surface area contributed by atoms with Gasteiger partial charge in [-0.2, -0.15) is 5.10 Å². The van der Waals surface area contributed by atoms with Crippen LogP contribution in [-0.4, -0.2) is 33.2 Å². The Kier molecular flexibility index (Phi) is 3.76. The van der Waals surface area contributed by atoms with Crippen molar-refractivity contribution in [1.82, 2.24) is 14.7 Å². The number of aromatic nitrogens is 2. The minimum absolute atomic E-state index is 0.0917. The van der Waals surface area contributed by atoms with Crippen LogP contribution in [-0.2, 0) is 6.54 Å². The molecular formula is C15H18ClN3O2. The van der Waals surface area contributed by atoms with E-state index in [1.807, 2.05) is 29.5 Å². The Morgan fingerprint density at radius 1 is 1.48 bits per heavy atom. The molecule has 0 radical (unpaired) electrons. The summed E-state index contributed by atoms with van der Waals surface area (Å²) in [5.41, 5.74) is 2.12. The van der Waals surface area contributed by atoms with Gasteiger partial charge in [-0.15, -0.1) is 0 Å². The van der Waals surface area contributed by atoms with Gasteiger partial charge in [0.05, 0.1) is 18.3 Å². The zero-order valence-corrected chi connectivity index (χ0v) is 12.9. The van der Waals surface area contributed by atoms with Crippen molar-refractivity contribution in [2.24, 2.45) is 0 Å². The molecule has 0 saturated carbocycles. The third kappa shape index (κ3) is 2.83. The minimum Gasteiger partial charge on any atom is -0.440 e. The maximum Gasteiger partial charge on any atom is 0.289 e. The number of halogens is 1. The Morgan fingerprint density at radius 2 is 2.29 bits per heavy atom. The van der Waals surface area contributed by atoms with Crippen molar-refractivity contribution in [2.45, 2.75) is 39.3 Å². The lowest BCUT2D eigenvalue weighted by Crippen LogP contribution is -2.38. The molecule has 1 atom stereocenters. The van der Waals surface area contributed by atoms with E-state index in [1.165, 1.54) is 0 Å². The molecular weight excluding hydrogens is 290 g/mol. The summed E-state index contributed by atoms with van der Waals surface area (Å²) in [6.07, 6.45) is 1.99. The van der Waals surface area contributed by atoms with Gasteiger partial charge in [-0.05, 0) is 56.5 Å². The number of amides is 1. The Hall–Kier alpha value is -1.75. The number of furan rings is 1. The van der Waals surface area contributed by atoms with Gasteiger partial charge in [-0.25, -0.2) is 0 Å². The third-order valence-electron chi connectivity index (χ3n) is 3.91. The molecule has 1 saturated heterocycles. The fourth-order valence-corrected chi connectivity index (χ4v) is 3.07. The molecule has 21 heavy (non-hydrogen) atoms.